The van der Waals surface area contributed by atoms with Gasteiger partial charge in [0.05, 0.1) is 0 Å². The van der Waals surface area contributed by atoms with Crippen LogP contribution in [0.15, 0.2) is 18.2 Å². The second-order valence-electron chi connectivity index (χ2n) is 4.68. The van der Waals surface area contributed by atoms with Crippen LogP contribution in [0.5, 0.6) is 0 Å². The Hall–Kier alpha value is -2.37. The fourth-order valence-corrected chi connectivity index (χ4v) is 1.71. The standard InChI is InChI=1S/C15H21N3O3/c1-3-5-17-14(20)11-7-10(13(16)19)8-12(9-11)15(21)18-6-4-2/h7-9H,3-6H2,1-2H3,(H2,16,19)(H,17,20)(H,18,21). The van der Waals surface area contributed by atoms with E-state index in [9.17, 15) is 14.4 Å². The molecule has 4 N–H and O–H groups in total. The minimum Gasteiger partial charge on any atom is -0.366 e. The lowest BCUT2D eigenvalue weighted by Gasteiger charge is -2.09. The number of hydrogen-bond acceptors (Lipinski definition) is 3. The van der Waals surface area contributed by atoms with Gasteiger partial charge in [0, 0.05) is 29.8 Å². The Kier molecular flexibility index (Phi) is 6.39. The topological polar surface area (TPSA) is 101 Å². The van der Waals surface area contributed by atoms with E-state index in [2.05, 4.69) is 10.6 Å². The molecule has 0 aliphatic heterocycles. The van der Waals surface area contributed by atoms with Crippen molar-refractivity contribution in [1.82, 2.24) is 10.6 Å². The smallest absolute Gasteiger partial charge is 0.251 e. The van der Waals surface area contributed by atoms with Gasteiger partial charge in [-0.3, -0.25) is 14.4 Å². The zero-order valence-electron chi connectivity index (χ0n) is 12.4. The lowest BCUT2D eigenvalue weighted by Crippen LogP contribution is -2.27. The van der Waals surface area contributed by atoms with Gasteiger partial charge in [0.15, 0.2) is 0 Å². The maximum absolute atomic E-state index is 12.0. The molecule has 3 amide bonds. The Labute approximate surface area is 124 Å². The second kappa shape index (κ2) is 8.04. The van der Waals surface area contributed by atoms with Gasteiger partial charge in [-0.25, -0.2) is 0 Å². The third-order valence-corrected chi connectivity index (χ3v) is 2.81. The maximum atomic E-state index is 12.0. The fraction of sp³-hybridized carbons (Fsp3) is 0.400. The molecule has 1 aromatic carbocycles. The molecule has 6 heteroatoms. The van der Waals surface area contributed by atoms with Crippen LogP contribution < -0.4 is 16.4 Å². The minimum atomic E-state index is -0.676. The molecule has 21 heavy (non-hydrogen) atoms. The van der Waals surface area contributed by atoms with Crippen LogP contribution in [0.1, 0.15) is 57.8 Å². The first-order chi connectivity index (χ1) is 9.99. The van der Waals surface area contributed by atoms with Crippen LogP contribution in [-0.4, -0.2) is 30.8 Å². The number of hydrogen-bond donors (Lipinski definition) is 3. The molecule has 0 atom stereocenters. The van der Waals surface area contributed by atoms with E-state index in [1.165, 1.54) is 18.2 Å². The summed E-state index contributed by atoms with van der Waals surface area (Å²) in [6, 6.07) is 4.25. The summed E-state index contributed by atoms with van der Waals surface area (Å²) in [4.78, 5) is 35.3. The third-order valence-electron chi connectivity index (χ3n) is 2.81. The lowest BCUT2D eigenvalue weighted by molar-refractivity contribution is 0.0953. The first-order valence-corrected chi connectivity index (χ1v) is 7.00. The molecule has 0 fully saturated rings. The zero-order chi connectivity index (χ0) is 15.8. The highest BCUT2D eigenvalue weighted by Gasteiger charge is 2.14. The van der Waals surface area contributed by atoms with Gasteiger partial charge >= 0.3 is 0 Å². The summed E-state index contributed by atoms with van der Waals surface area (Å²) in [7, 11) is 0. The molecular formula is C15H21N3O3. The van der Waals surface area contributed by atoms with Gasteiger partial charge in [-0.2, -0.15) is 0 Å². The summed E-state index contributed by atoms with van der Waals surface area (Å²) in [6.07, 6.45) is 1.59. The molecule has 114 valence electrons. The summed E-state index contributed by atoms with van der Waals surface area (Å²) >= 11 is 0. The van der Waals surface area contributed by atoms with Crippen LogP contribution in [-0.2, 0) is 0 Å². The van der Waals surface area contributed by atoms with E-state index in [0.717, 1.165) is 12.8 Å². The number of amides is 3. The SMILES string of the molecule is CCCNC(=O)c1cc(C(N)=O)cc(C(=O)NCCC)c1. The monoisotopic (exact) mass is 291 g/mol. The molecule has 1 rings (SSSR count). The van der Waals surface area contributed by atoms with Crippen LogP contribution in [0.25, 0.3) is 0 Å². The van der Waals surface area contributed by atoms with E-state index < -0.39 is 5.91 Å². The van der Waals surface area contributed by atoms with Gasteiger partial charge in [-0.1, -0.05) is 13.8 Å². The summed E-state index contributed by atoms with van der Waals surface area (Å²) in [5.74, 6) is -1.33. The highest BCUT2D eigenvalue weighted by molar-refractivity contribution is 6.04. The first kappa shape index (κ1) is 16.7. The molecular weight excluding hydrogens is 270 g/mol. The van der Waals surface area contributed by atoms with Gasteiger partial charge in [0.1, 0.15) is 0 Å². The number of benzene rings is 1. The van der Waals surface area contributed by atoms with Crippen molar-refractivity contribution in [3.8, 4) is 0 Å². The van der Waals surface area contributed by atoms with Crippen molar-refractivity contribution < 1.29 is 14.4 Å². The largest absolute Gasteiger partial charge is 0.366 e. The number of nitrogens with two attached hydrogens (primary N) is 1. The Morgan fingerprint density at radius 1 is 0.857 bits per heavy atom. The Morgan fingerprint density at radius 2 is 1.24 bits per heavy atom. The van der Waals surface area contributed by atoms with Gasteiger partial charge in [-0.05, 0) is 31.0 Å². The predicted molar refractivity (Wildman–Crippen MR) is 80.2 cm³/mol. The van der Waals surface area contributed by atoms with E-state index in [0.29, 0.717) is 13.1 Å². The Balaban J connectivity index is 3.08. The van der Waals surface area contributed by atoms with Crippen LogP contribution in [0.3, 0.4) is 0 Å². The normalized spacial score (nSPS) is 10.0. The van der Waals surface area contributed by atoms with Crippen molar-refractivity contribution in [2.45, 2.75) is 26.7 Å². The molecule has 0 aliphatic carbocycles. The van der Waals surface area contributed by atoms with Crippen molar-refractivity contribution in [3.63, 3.8) is 0 Å². The lowest BCUT2D eigenvalue weighted by atomic mass is 10.0. The predicted octanol–water partition coefficient (Wildman–Crippen LogP) is 1.07. The van der Waals surface area contributed by atoms with Gasteiger partial charge in [0.2, 0.25) is 5.91 Å². The average Bonchev–Trinajstić information content (AvgIpc) is 2.49. The van der Waals surface area contributed by atoms with E-state index in [4.69, 9.17) is 5.73 Å². The van der Waals surface area contributed by atoms with Gasteiger partial charge in [-0.15, -0.1) is 0 Å². The minimum absolute atomic E-state index is 0.140. The fourth-order valence-electron chi connectivity index (χ4n) is 1.71. The van der Waals surface area contributed by atoms with Crippen LogP contribution in [0, 0.1) is 0 Å². The molecule has 0 aliphatic rings. The highest BCUT2D eigenvalue weighted by atomic mass is 16.2. The zero-order valence-corrected chi connectivity index (χ0v) is 12.4. The quantitative estimate of drug-likeness (QED) is 0.700. The first-order valence-electron chi connectivity index (χ1n) is 7.00. The van der Waals surface area contributed by atoms with Crippen molar-refractivity contribution in [2.75, 3.05) is 13.1 Å². The molecule has 0 unspecified atom stereocenters. The van der Waals surface area contributed by atoms with Crippen molar-refractivity contribution in [3.05, 3.63) is 34.9 Å². The molecule has 0 aromatic heterocycles. The summed E-state index contributed by atoms with van der Waals surface area (Å²) in [6.45, 7) is 4.92. The number of carbonyl (C=O) groups is 3. The average molecular weight is 291 g/mol. The second-order valence-corrected chi connectivity index (χ2v) is 4.68. The van der Waals surface area contributed by atoms with E-state index in [1.54, 1.807) is 0 Å². The molecule has 0 saturated heterocycles. The third kappa shape index (κ3) is 4.91. The highest BCUT2D eigenvalue weighted by Crippen LogP contribution is 2.11. The number of carbonyl (C=O) groups excluding carboxylic acids is 3. The molecule has 0 heterocycles. The Morgan fingerprint density at radius 3 is 1.57 bits per heavy atom. The van der Waals surface area contributed by atoms with Crippen LogP contribution >= 0.6 is 0 Å². The van der Waals surface area contributed by atoms with Crippen molar-refractivity contribution in [2.24, 2.45) is 5.73 Å². The molecule has 0 saturated carbocycles. The number of primary amides is 1. The summed E-state index contributed by atoms with van der Waals surface area (Å²) < 4.78 is 0. The van der Waals surface area contributed by atoms with E-state index in [-0.39, 0.29) is 28.5 Å². The maximum Gasteiger partial charge on any atom is 0.251 e. The van der Waals surface area contributed by atoms with E-state index in [1.807, 2.05) is 13.8 Å². The number of rotatable bonds is 7. The molecule has 0 bridgehead atoms. The molecule has 0 spiro atoms. The molecule has 6 nitrogen and oxygen atoms in total. The van der Waals surface area contributed by atoms with Gasteiger partial charge < -0.3 is 16.4 Å². The van der Waals surface area contributed by atoms with Crippen molar-refractivity contribution in [1.29, 1.82) is 0 Å². The van der Waals surface area contributed by atoms with E-state index >= 15 is 0 Å². The van der Waals surface area contributed by atoms with Gasteiger partial charge in [0.25, 0.3) is 11.8 Å². The number of nitrogens with one attached hydrogen (secondary N) is 2. The van der Waals surface area contributed by atoms with Crippen LogP contribution in [0.4, 0.5) is 0 Å². The summed E-state index contributed by atoms with van der Waals surface area (Å²) in [5.41, 5.74) is 5.89. The summed E-state index contributed by atoms with van der Waals surface area (Å²) in [5, 5.41) is 5.40. The Bertz CT molecular complexity index is 503. The molecule has 0 radical (unpaired) electrons. The molecule has 1 aromatic rings. The van der Waals surface area contributed by atoms with Crippen molar-refractivity contribution >= 4 is 17.7 Å². The van der Waals surface area contributed by atoms with Crippen LogP contribution in [0.2, 0.25) is 0 Å².